The van der Waals surface area contributed by atoms with Gasteiger partial charge in [0.1, 0.15) is 0 Å². The van der Waals surface area contributed by atoms with E-state index in [9.17, 15) is 61.9 Å². The van der Waals surface area contributed by atoms with Crippen molar-refractivity contribution in [3.8, 4) is 0 Å². The smallest absolute Gasteiger partial charge is 0.460 e. The molecule has 168 valence electrons. The van der Waals surface area contributed by atoms with E-state index in [4.69, 9.17) is 0 Å². The molecule has 0 fully saturated rings. The summed E-state index contributed by atoms with van der Waals surface area (Å²) in [7, 11) is 0. The summed E-state index contributed by atoms with van der Waals surface area (Å²) in [6.45, 7) is 1.19. The molecule has 0 amide bonds. The van der Waals surface area contributed by atoms with Crippen molar-refractivity contribution in [3.05, 3.63) is 0 Å². The highest BCUT2D eigenvalue weighted by Gasteiger charge is 2.90. The van der Waals surface area contributed by atoms with Gasteiger partial charge in [-0.25, -0.2) is 0 Å². The molecule has 16 heteroatoms. The molecule has 0 N–H and O–H groups in total. The van der Waals surface area contributed by atoms with E-state index in [-0.39, 0.29) is 18.4 Å². The zero-order valence-electron chi connectivity index (χ0n) is 13.5. The third-order valence-electron chi connectivity index (χ3n) is 3.08. The molecule has 0 saturated heterocycles. The first-order valence-electron chi connectivity index (χ1n) is 6.90. The van der Waals surface area contributed by atoms with E-state index in [1.807, 2.05) is 0 Å². The fraction of sp³-hybridized carbons (Fsp3) is 0.917. The molecule has 2 nitrogen and oxygen atoms in total. The van der Waals surface area contributed by atoms with Crippen molar-refractivity contribution < 1.29 is 66.6 Å². The van der Waals surface area contributed by atoms with Crippen LogP contribution in [0.2, 0.25) is 0 Å². The van der Waals surface area contributed by atoms with Gasteiger partial charge in [0, 0.05) is 6.42 Å². The number of thioether (sulfide) groups is 1. The highest BCUT2D eigenvalue weighted by Crippen LogP contribution is 2.60. The van der Waals surface area contributed by atoms with E-state index >= 15 is 0 Å². The van der Waals surface area contributed by atoms with E-state index in [2.05, 4.69) is 4.74 Å². The van der Waals surface area contributed by atoms with Gasteiger partial charge >= 0.3 is 41.8 Å². The van der Waals surface area contributed by atoms with Crippen LogP contribution in [0.1, 0.15) is 13.3 Å². The maximum atomic E-state index is 13.4. The number of alkyl halides is 13. The molecule has 0 atom stereocenters. The summed E-state index contributed by atoms with van der Waals surface area (Å²) in [6.07, 6.45) is -9.77. The van der Waals surface area contributed by atoms with E-state index in [0.29, 0.717) is 0 Å². The largest absolute Gasteiger partial charge is 0.465 e. The van der Waals surface area contributed by atoms with Crippen LogP contribution in [0.5, 0.6) is 0 Å². The normalized spacial score (nSPS) is 14.9. The van der Waals surface area contributed by atoms with Crippen LogP contribution >= 0.6 is 11.8 Å². The lowest BCUT2D eigenvalue weighted by atomic mass is 9.93. The molecule has 0 rings (SSSR count). The van der Waals surface area contributed by atoms with E-state index < -0.39 is 59.7 Å². The maximum absolute atomic E-state index is 13.4. The molecule has 0 heterocycles. The van der Waals surface area contributed by atoms with E-state index in [1.165, 1.54) is 6.92 Å². The molecule has 0 bridgehead atoms. The van der Waals surface area contributed by atoms with Crippen LogP contribution < -0.4 is 0 Å². The average molecular weight is 466 g/mol. The van der Waals surface area contributed by atoms with Crippen molar-refractivity contribution in [3.63, 3.8) is 0 Å². The van der Waals surface area contributed by atoms with Gasteiger partial charge in [-0.2, -0.15) is 57.1 Å². The number of carbonyl (C=O) groups is 1. The monoisotopic (exact) mass is 466 g/mol. The van der Waals surface area contributed by atoms with Crippen molar-refractivity contribution in [1.29, 1.82) is 0 Å². The number of carbonyl (C=O) groups excluding carboxylic acids is 1. The van der Waals surface area contributed by atoms with E-state index in [1.54, 1.807) is 0 Å². The fourth-order valence-electron chi connectivity index (χ4n) is 1.52. The first-order chi connectivity index (χ1) is 12.2. The summed E-state index contributed by atoms with van der Waals surface area (Å²) in [5.74, 6) is -39.8. The van der Waals surface area contributed by atoms with Gasteiger partial charge in [0.15, 0.2) is 0 Å². The fourth-order valence-corrected chi connectivity index (χ4v) is 2.31. The minimum Gasteiger partial charge on any atom is -0.465 e. The van der Waals surface area contributed by atoms with Crippen LogP contribution in [-0.2, 0) is 9.53 Å². The van der Waals surface area contributed by atoms with Crippen molar-refractivity contribution in [2.24, 2.45) is 0 Å². The standard InChI is InChI=1S/C12H11F13O2S/c1-2-27-6(26)5-28-4-3-7(13,14)8(15,16)9(17,18)10(19,20)11(21,22)12(23,24)25/h2-5H2,1H3. The number of hydrogen-bond acceptors (Lipinski definition) is 3. The first kappa shape index (κ1) is 26.9. The quantitative estimate of drug-likeness (QED) is 0.245. The third-order valence-corrected chi connectivity index (χ3v) is 4.02. The molecule has 28 heavy (non-hydrogen) atoms. The summed E-state index contributed by atoms with van der Waals surface area (Å²) in [4.78, 5) is 10.9. The summed E-state index contributed by atoms with van der Waals surface area (Å²) in [6, 6.07) is 0. The molecule has 0 aliphatic carbocycles. The van der Waals surface area contributed by atoms with Crippen molar-refractivity contribution in [2.45, 2.75) is 49.1 Å². The summed E-state index contributed by atoms with van der Waals surface area (Å²) < 4.78 is 171. The number of esters is 1. The second-order valence-electron chi connectivity index (χ2n) is 5.11. The Labute approximate surface area is 152 Å². The molecular weight excluding hydrogens is 455 g/mol. The summed E-state index contributed by atoms with van der Waals surface area (Å²) in [5.41, 5.74) is 0. The highest BCUT2D eigenvalue weighted by molar-refractivity contribution is 7.99. The Bertz CT molecular complexity index is 544. The van der Waals surface area contributed by atoms with Crippen LogP contribution in [-0.4, -0.2) is 59.9 Å². The van der Waals surface area contributed by atoms with Gasteiger partial charge in [-0.15, -0.1) is 11.8 Å². The molecule has 0 saturated carbocycles. The molecule has 0 radical (unpaired) electrons. The Morgan fingerprint density at radius 1 is 0.750 bits per heavy atom. The predicted molar refractivity (Wildman–Crippen MR) is 69.4 cm³/mol. The number of rotatable bonds is 10. The molecule has 0 aliphatic rings. The molecular formula is C12H11F13O2S. The predicted octanol–water partition coefficient (Wildman–Crippen LogP) is 5.41. The molecule has 0 aromatic carbocycles. The zero-order valence-corrected chi connectivity index (χ0v) is 14.3. The number of hydrogen-bond donors (Lipinski definition) is 0. The molecule has 0 spiro atoms. The molecule has 0 aliphatic heterocycles. The number of ether oxygens (including phenoxy) is 1. The lowest BCUT2D eigenvalue weighted by molar-refractivity contribution is -0.439. The SMILES string of the molecule is CCOC(=O)CSCCC(F)(F)C(F)(F)C(F)(F)C(F)(F)C(F)(F)C(F)(F)F. The molecule has 0 aromatic heterocycles. The Morgan fingerprint density at radius 2 is 1.18 bits per heavy atom. The Balaban J connectivity index is 5.54. The minimum atomic E-state index is -7.90. The second kappa shape index (κ2) is 8.34. The Kier molecular flexibility index (Phi) is 8.01. The van der Waals surface area contributed by atoms with Gasteiger partial charge in [-0.1, -0.05) is 0 Å². The topological polar surface area (TPSA) is 26.3 Å². The van der Waals surface area contributed by atoms with Crippen LogP contribution in [0.25, 0.3) is 0 Å². The Morgan fingerprint density at radius 3 is 1.57 bits per heavy atom. The van der Waals surface area contributed by atoms with Crippen LogP contribution in [0, 0.1) is 0 Å². The molecule has 0 unspecified atom stereocenters. The summed E-state index contributed by atoms with van der Waals surface area (Å²) in [5, 5.41) is 0. The van der Waals surface area contributed by atoms with Gasteiger partial charge in [0.2, 0.25) is 0 Å². The van der Waals surface area contributed by atoms with Crippen molar-refractivity contribution in [1.82, 2.24) is 0 Å². The van der Waals surface area contributed by atoms with Crippen molar-refractivity contribution in [2.75, 3.05) is 18.1 Å². The van der Waals surface area contributed by atoms with Gasteiger partial charge < -0.3 is 4.74 Å². The van der Waals surface area contributed by atoms with Gasteiger partial charge in [0.25, 0.3) is 0 Å². The van der Waals surface area contributed by atoms with Gasteiger partial charge in [-0.05, 0) is 12.7 Å². The first-order valence-corrected chi connectivity index (χ1v) is 8.05. The van der Waals surface area contributed by atoms with Crippen LogP contribution in [0.15, 0.2) is 0 Å². The lowest BCUT2D eigenvalue weighted by Crippen LogP contribution is -2.70. The second-order valence-corrected chi connectivity index (χ2v) is 6.21. The Hall–Kier alpha value is -1.09. The van der Waals surface area contributed by atoms with Gasteiger partial charge in [0.05, 0.1) is 12.4 Å². The highest BCUT2D eigenvalue weighted by atomic mass is 32.2. The maximum Gasteiger partial charge on any atom is 0.460 e. The van der Waals surface area contributed by atoms with Crippen LogP contribution in [0.3, 0.4) is 0 Å². The number of halogens is 13. The summed E-state index contributed by atoms with van der Waals surface area (Å²) >= 11 is 0.124. The average Bonchev–Trinajstić information content (AvgIpc) is 2.50. The van der Waals surface area contributed by atoms with E-state index in [0.717, 1.165) is 0 Å². The molecule has 0 aromatic rings. The van der Waals surface area contributed by atoms with Gasteiger partial charge in [-0.3, -0.25) is 4.79 Å². The zero-order chi connectivity index (χ0) is 22.8. The third kappa shape index (κ3) is 4.72. The van der Waals surface area contributed by atoms with Crippen LogP contribution in [0.4, 0.5) is 57.1 Å². The van der Waals surface area contributed by atoms with Crippen molar-refractivity contribution >= 4 is 17.7 Å². The minimum absolute atomic E-state index is 0.124. The lowest BCUT2D eigenvalue weighted by Gasteiger charge is -2.39.